The van der Waals surface area contributed by atoms with E-state index in [9.17, 15) is 4.79 Å². The average molecular weight is 350 g/mol. The van der Waals surface area contributed by atoms with Crippen molar-refractivity contribution in [3.05, 3.63) is 72.3 Å². The molecule has 2 N–H and O–H groups in total. The average Bonchev–Trinajstić information content (AvgIpc) is 2.61. The molecule has 25 heavy (non-hydrogen) atoms. The van der Waals surface area contributed by atoms with Crippen molar-refractivity contribution in [2.75, 3.05) is 11.9 Å². The number of anilines is 1. The summed E-state index contributed by atoms with van der Waals surface area (Å²) >= 11 is 5.14. The maximum atomic E-state index is 12.0. The Morgan fingerprint density at radius 2 is 1.72 bits per heavy atom. The Morgan fingerprint density at radius 3 is 2.48 bits per heavy atom. The van der Waals surface area contributed by atoms with Crippen molar-refractivity contribution in [2.24, 2.45) is 0 Å². The Labute approximate surface area is 151 Å². The van der Waals surface area contributed by atoms with Gasteiger partial charge in [-0.1, -0.05) is 48.0 Å². The van der Waals surface area contributed by atoms with Crippen LogP contribution in [-0.4, -0.2) is 17.6 Å². The summed E-state index contributed by atoms with van der Waals surface area (Å²) in [5, 5.41) is 8.01. The minimum Gasteiger partial charge on any atom is -0.484 e. The summed E-state index contributed by atoms with van der Waals surface area (Å²) in [6, 6.07) is 21.4. The van der Waals surface area contributed by atoms with Crippen molar-refractivity contribution in [2.45, 2.75) is 6.92 Å². The molecule has 0 heterocycles. The lowest BCUT2D eigenvalue weighted by Gasteiger charge is -2.11. The first-order valence-corrected chi connectivity index (χ1v) is 8.30. The van der Waals surface area contributed by atoms with E-state index >= 15 is 0 Å². The van der Waals surface area contributed by atoms with E-state index in [2.05, 4.69) is 10.6 Å². The van der Waals surface area contributed by atoms with E-state index in [-0.39, 0.29) is 17.6 Å². The lowest BCUT2D eigenvalue weighted by Crippen LogP contribution is -2.37. The van der Waals surface area contributed by atoms with Gasteiger partial charge in [-0.25, -0.2) is 0 Å². The molecule has 0 aromatic heterocycles. The van der Waals surface area contributed by atoms with Crippen LogP contribution in [0.3, 0.4) is 0 Å². The van der Waals surface area contributed by atoms with Crippen LogP contribution >= 0.6 is 12.2 Å². The maximum Gasteiger partial charge on any atom is 0.264 e. The summed E-state index contributed by atoms with van der Waals surface area (Å²) in [5.41, 5.74) is 1.98. The van der Waals surface area contributed by atoms with Crippen LogP contribution < -0.4 is 15.4 Å². The van der Waals surface area contributed by atoms with Crippen LogP contribution in [0.1, 0.15) is 5.56 Å². The summed E-state index contributed by atoms with van der Waals surface area (Å²) in [7, 11) is 0. The third-order valence-electron chi connectivity index (χ3n) is 3.65. The van der Waals surface area contributed by atoms with Gasteiger partial charge in [0.2, 0.25) is 0 Å². The van der Waals surface area contributed by atoms with Gasteiger partial charge >= 0.3 is 0 Å². The van der Waals surface area contributed by atoms with Crippen LogP contribution in [0.5, 0.6) is 5.75 Å². The Balaban J connectivity index is 1.51. The number of ether oxygens (including phenoxy) is 1. The number of rotatable bonds is 4. The van der Waals surface area contributed by atoms with Crippen molar-refractivity contribution in [3.63, 3.8) is 0 Å². The molecule has 3 aromatic rings. The molecule has 0 saturated heterocycles. The zero-order valence-corrected chi connectivity index (χ0v) is 14.6. The molecule has 0 saturated carbocycles. The number of benzene rings is 3. The van der Waals surface area contributed by atoms with Gasteiger partial charge in [-0.3, -0.25) is 10.1 Å². The molecular formula is C20H18N2O2S. The van der Waals surface area contributed by atoms with Gasteiger partial charge in [-0.15, -0.1) is 0 Å². The summed E-state index contributed by atoms with van der Waals surface area (Å²) in [4.78, 5) is 12.0. The maximum absolute atomic E-state index is 12.0. The molecule has 0 atom stereocenters. The first-order valence-electron chi connectivity index (χ1n) is 7.89. The van der Waals surface area contributed by atoms with Gasteiger partial charge in [0.1, 0.15) is 5.75 Å². The van der Waals surface area contributed by atoms with Gasteiger partial charge in [0.25, 0.3) is 5.91 Å². The van der Waals surface area contributed by atoms with Crippen LogP contribution in [0, 0.1) is 6.92 Å². The van der Waals surface area contributed by atoms with Gasteiger partial charge in [-0.2, -0.15) is 0 Å². The highest BCUT2D eigenvalue weighted by atomic mass is 32.1. The minimum absolute atomic E-state index is 0.103. The van der Waals surface area contributed by atoms with Gasteiger partial charge < -0.3 is 10.1 Å². The normalized spacial score (nSPS) is 10.3. The number of carbonyl (C=O) groups excluding carboxylic acids is 1. The lowest BCUT2D eigenvalue weighted by molar-refractivity contribution is -0.121. The van der Waals surface area contributed by atoms with E-state index in [0.717, 1.165) is 22.0 Å². The molecule has 3 aromatic carbocycles. The molecule has 0 radical (unpaired) electrons. The first-order chi connectivity index (χ1) is 12.1. The van der Waals surface area contributed by atoms with Gasteiger partial charge in [0.15, 0.2) is 11.7 Å². The monoisotopic (exact) mass is 350 g/mol. The zero-order valence-electron chi connectivity index (χ0n) is 13.8. The predicted molar refractivity (Wildman–Crippen MR) is 105 cm³/mol. The van der Waals surface area contributed by atoms with E-state index < -0.39 is 0 Å². The molecule has 0 aliphatic rings. The Hall–Kier alpha value is -2.92. The quantitative estimate of drug-likeness (QED) is 0.697. The molecule has 5 heteroatoms. The summed E-state index contributed by atoms with van der Waals surface area (Å²) in [6.45, 7) is 1.90. The van der Waals surface area contributed by atoms with Crippen molar-refractivity contribution in [3.8, 4) is 5.75 Å². The Morgan fingerprint density at radius 1 is 1.00 bits per heavy atom. The molecule has 0 spiro atoms. The molecule has 0 bridgehead atoms. The molecule has 3 rings (SSSR count). The molecule has 0 aliphatic carbocycles. The highest BCUT2D eigenvalue weighted by Crippen LogP contribution is 2.20. The highest BCUT2D eigenvalue weighted by molar-refractivity contribution is 7.80. The van der Waals surface area contributed by atoms with Gasteiger partial charge in [0.05, 0.1) is 0 Å². The smallest absolute Gasteiger partial charge is 0.264 e. The van der Waals surface area contributed by atoms with Crippen LogP contribution in [0.15, 0.2) is 66.7 Å². The molecule has 0 aliphatic heterocycles. The number of carbonyl (C=O) groups is 1. The molecular weight excluding hydrogens is 332 g/mol. The number of thiocarbonyl (C=S) groups is 1. The van der Waals surface area contributed by atoms with Gasteiger partial charge in [0, 0.05) is 5.69 Å². The van der Waals surface area contributed by atoms with Crippen molar-refractivity contribution >= 4 is 39.7 Å². The lowest BCUT2D eigenvalue weighted by atomic mass is 10.1. The van der Waals surface area contributed by atoms with E-state index in [0.29, 0.717) is 5.75 Å². The summed E-state index contributed by atoms with van der Waals surface area (Å²) in [5.74, 6) is 0.337. The Kier molecular flexibility index (Phi) is 5.26. The number of aryl methyl sites for hydroxylation is 1. The van der Waals surface area contributed by atoms with E-state index in [1.807, 2.05) is 73.7 Å². The second-order valence-electron chi connectivity index (χ2n) is 5.67. The summed E-state index contributed by atoms with van der Waals surface area (Å²) < 4.78 is 5.54. The third-order valence-corrected chi connectivity index (χ3v) is 3.86. The number of fused-ring (bicyclic) bond motifs is 1. The van der Waals surface area contributed by atoms with E-state index in [1.54, 1.807) is 0 Å². The fraction of sp³-hybridized carbons (Fsp3) is 0.100. The highest BCUT2D eigenvalue weighted by Gasteiger charge is 2.06. The predicted octanol–water partition coefficient (Wildman–Crippen LogP) is 4.04. The third kappa shape index (κ3) is 4.78. The second kappa shape index (κ2) is 7.77. The number of nitrogens with one attached hydrogen (secondary N) is 2. The SMILES string of the molecule is Cc1ccc(NC(=S)NC(=O)COc2ccc3ccccc3c2)cc1. The molecule has 4 nitrogen and oxygen atoms in total. The van der Waals surface area contributed by atoms with E-state index in [1.165, 1.54) is 0 Å². The molecule has 1 amide bonds. The number of amides is 1. The van der Waals surface area contributed by atoms with Crippen molar-refractivity contribution < 1.29 is 9.53 Å². The van der Waals surface area contributed by atoms with Crippen LogP contribution in [0.25, 0.3) is 10.8 Å². The first kappa shape index (κ1) is 16.9. The standard InChI is InChI=1S/C20H18N2O2S/c1-14-6-9-17(10-7-14)21-20(25)22-19(23)13-24-18-11-8-15-4-2-3-5-16(15)12-18/h2-12H,13H2,1H3,(H2,21,22,23,25). The number of hydrogen-bond donors (Lipinski definition) is 2. The minimum atomic E-state index is -0.308. The zero-order chi connectivity index (χ0) is 17.6. The van der Waals surface area contributed by atoms with E-state index in [4.69, 9.17) is 17.0 Å². The van der Waals surface area contributed by atoms with Crippen LogP contribution in [0.4, 0.5) is 5.69 Å². The van der Waals surface area contributed by atoms with Crippen LogP contribution in [-0.2, 0) is 4.79 Å². The molecule has 126 valence electrons. The van der Waals surface area contributed by atoms with Crippen molar-refractivity contribution in [1.29, 1.82) is 0 Å². The fourth-order valence-corrected chi connectivity index (χ4v) is 2.60. The number of hydrogen-bond acceptors (Lipinski definition) is 3. The van der Waals surface area contributed by atoms with Crippen molar-refractivity contribution in [1.82, 2.24) is 5.32 Å². The molecule has 0 fully saturated rings. The fourth-order valence-electron chi connectivity index (χ4n) is 2.37. The summed E-state index contributed by atoms with van der Waals surface area (Å²) in [6.07, 6.45) is 0. The van der Waals surface area contributed by atoms with Gasteiger partial charge in [-0.05, 0) is 54.2 Å². The second-order valence-corrected chi connectivity index (χ2v) is 6.07. The van der Waals surface area contributed by atoms with Crippen LogP contribution in [0.2, 0.25) is 0 Å². The molecule has 0 unspecified atom stereocenters. The topological polar surface area (TPSA) is 50.4 Å². The Bertz CT molecular complexity index is 907. The largest absolute Gasteiger partial charge is 0.484 e.